The molecule has 1 heterocycles. The topological polar surface area (TPSA) is 119 Å². The summed E-state index contributed by atoms with van der Waals surface area (Å²) < 4.78 is 28.2. The van der Waals surface area contributed by atoms with Crippen LogP contribution in [0.3, 0.4) is 0 Å². The molecule has 9 heteroatoms. The minimum Gasteiger partial charge on any atom is -0.494 e. The molecule has 0 spiro atoms. The minimum atomic E-state index is -3.75. The molecule has 30 heavy (non-hydrogen) atoms. The van der Waals surface area contributed by atoms with Gasteiger partial charge in [-0.05, 0) is 48.4 Å². The predicted molar refractivity (Wildman–Crippen MR) is 112 cm³/mol. The third kappa shape index (κ3) is 5.24. The van der Waals surface area contributed by atoms with Crippen molar-refractivity contribution < 1.29 is 22.7 Å². The monoisotopic (exact) mass is 431 g/mol. The van der Waals surface area contributed by atoms with Crippen LogP contribution >= 0.6 is 0 Å². The average Bonchev–Trinajstić information content (AvgIpc) is 3.00. The maximum atomic E-state index is 12.7. The molecule has 1 fully saturated rings. The maximum Gasteiger partial charge on any atom is 0.251 e. The number of primary sulfonamides is 1. The predicted octanol–water partition coefficient (Wildman–Crippen LogP) is 1.93. The van der Waals surface area contributed by atoms with Crippen LogP contribution < -0.4 is 20.1 Å². The molecule has 1 aliphatic heterocycles. The molecule has 2 aromatic rings. The number of ether oxygens (including phenoxy) is 1. The first-order valence-corrected chi connectivity index (χ1v) is 11.3. The van der Waals surface area contributed by atoms with Crippen LogP contribution in [0, 0.1) is 0 Å². The second-order valence-corrected chi connectivity index (χ2v) is 8.65. The van der Waals surface area contributed by atoms with Crippen molar-refractivity contribution >= 4 is 27.5 Å². The zero-order valence-electron chi connectivity index (χ0n) is 16.7. The summed E-state index contributed by atoms with van der Waals surface area (Å²) in [5.74, 6) is 0.103. The largest absolute Gasteiger partial charge is 0.494 e. The van der Waals surface area contributed by atoms with Crippen LogP contribution in [0.25, 0.3) is 0 Å². The van der Waals surface area contributed by atoms with E-state index < -0.39 is 16.1 Å². The molecule has 0 unspecified atom stereocenters. The van der Waals surface area contributed by atoms with Crippen LogP contribution in [0.1, 0.15) is 31.7 Å². The van der Waals surface area contributed by atoms with Gasteiger partial charge in [0.25, 0.3) is 5.91 Å². The summed E-state index contributed by atoms with van der Waals surface area (Å²) in [4.78, 5) is 26.3. The van der Waals surface area contributed by atoms with Crippen molar-refractivity contribution in [3.8, 4) is 5.75 Å². The molecule has 1 atom stereocenters. The number of sulfonamides is 1. The summed E-state index contributed by atoms with van der Waals surface area (Å²) >= 11 is 0. The molecule has 2 aromatic carbocycles. The maximum absolute atomic E-state index is 12.7. The number of nitrogens with one attached hydrogen (secondary N) is 1. The molecular weight excluding hydrogens is 406 g/mol. The summed E-state index contributed by atoms with van der Waals surface area (Å²) in [7, 11) is -3.75. The third-order valence-electron chi connectivity index (χ3n) is 4.81. The van der Waals surface area contributed by atoms with Crippen LogP contribution in [-0.4, -0.2) is 32.9 Å². The van der Waals surface area contributed by atoms with E-state index in [1.165, 1.54) is 17.0 Å². The number of nitrogens with zero attached hydrogens (tertiary/aromatic N) is 1. The van der Waals surface area contributed by atoms with Crippen molar-refractivity contribution in [1.29, 1.82) is 0 Å². The van der Waals surface area contributed by atoms with Crippen molar-refractivity contribution in [1.82, 2.24) is 5.32 Å². The van der Waals surface area contributed by atoms with Gasteiger partial charge < -0.3 is 10.1 Å². The second kappa shape index (κ2) is 9.38. The fourth-order valence-corrected chi connectivity index (χ4v) is 3.64. The van der Waals surface area contributed by atoms with Gasteiger partial charge in [-0.2, -0.15) is 0 Å². The van der Waals surface area contributed by atoms with Crippen LogP contribution in [0.4, 0.5) is 5.69 Å². The number of hydrogen-bond acceptors (Lipinski definition) is 6. The van der Waals surface area contributed by atoms with E-state index >= 15 is 0 Å². The first-order chi connectivity index (χ1) is 14.3. The van der Waals surface area contributed by atoms with E-state index in [9.17, 15) is 18.0 Å². The third-order valence-corrected chi connectivity index (χ3v) is 5.74. The number of unbranched alkanes of at least 4 members (excludes halogenated alkanes) is 1. The highest BCUT2D eigenvalue weighted by atomic mass is 32.2. The molecule has 0 aromatic heterocycles. The second-order valence-electron chi connectivity index (χ2n) is 7.09. The molecule has 0 aliphatic carbocycles. The van der Waals surface area contributed by atoms with Gasteiger partial charge in [0, 0.05) is 6.54 Å². The molecule has 2 amide bonds. The van der Waals surface area contributed by atoms with Gasteiger partial charge in [0.1, 0.15) is 5.75 Å². The Bertz CT molecular complexity index is 1000. The Hall–Kier alpha value is -2.75. The SMILES string of the molecule is CCCCOc1ccc(N2C(=O)C[C@@H](NCc3ccc(S(N)(=O)=O)cc3)C2=O)cc1. The minimum absolute atomic E-state index is 0.0201. The van der Waals surface area contributed by atoms with E-state index in [2.05, 4.69) is 12.2 Å². The number of nitrogens with two attached hydrogens (primary N) is 1. The number of anilines is 1. The van der Waals surface area contributed by atoms with Gasteiger partial charge in [-0.15, -0.1) is 0 Å². The molecule has 1 aliphatic rings. The Kier molecular flexibility index (Phi) is 6.86. The number of benzene rings is 2. The lowest BCUT2D eigenvalue weighted by Crippen LogP contribution is -2.38. The van der Waals surface area contributed by atoms with E-state index in [0.717, 1.165) is 18.4 Å². The van der Waals surface area contributed by atoms with Gasteiger partial charge in [0.05, 0.1) is 29.7 Å². The number of imide groups is 1. The van der Waals surface area contributed by atoms with Crippen LogP contribution in [0.5, 0.6) is 5.75 Å². The van der Waals surface area contributed by atoms with Gasteiger partial charge in [0.2, 0.25) is 15.9 Å². The Balaban J connectivity index is 1.60. The van der Waals surface area contributed by atoms with Gasteiger partial charge in [-0.1, -0.05) is 25.5 Å². The molecule has 160 valence electrons. The zero-order valence-corrected chi connectivity index (χ0v) is 17.5. The summed E-state index contributed by atoms with van der Waals surface area (Å²) in [6, 6.07) is 12.3. The van der Waals surface area contributed by atoms with Gasteiger partial charge in [-0.3, -0.25) is 9.59 Å². The van der Waals surface area contributed by atoms with Crippen LogP contribution in [0.15, 0.2) is 53.4 Å². The Labute approximate surface area is 176 Å². The van der Waals surface area contributed by atoms with E-state index in [1.54, 1.807) is 36.4 Å². The number of carbonyl (C=O) groups is 2. The van der Waals surface area contributed by atoms with E-state index in [4.69, 9.17) is 9.88 Å². The summed E-state index contributed by atoms with van der Waals surface area (Å²) in [6.07, 6.45) is 2.06. The summed E-state index contributed by atoms with van der Waals surface area (Å²) in [6.45, 7) is 3.02. The summed E-state index contributed by atoms with van der Waals surface area (Å²) in [5, 5.41) is 8.15. The lowest BCUT2D eigenvalue weighted by Gasteiger charge is -2.16. The Morgan fingerprint density at radius 2 is 1.77 bits per heavy atom. The van der Waals surface area contributed by atoms with Crippen molar-refractivity contribution in [3.05, 3.63) is 54.1 Å². The normalized spacial score (nSPS) is 16.9. The Morgan fingerprint density at radius 1 is 1.10 bits per heavy atom. The highest BCUT2D eigenvalue weighted by Crippen LogP contribution is 2.25. The fraction of sp³-hybridized carbons (Fsp3) is 0.333. The standard InChI is InChI=1S/C21H25N3O5S/c1-2-3-12-29-17-8-6-16(7-9-17)24-20(25)13-19(21(24)26)23-14-15-4-10-18(11-5-15)30(22,27)28/h4-11,19,23H,2-3,12-14H2,1H3,(H2,22,27,28)/t19-/m1/s1. The van der Waals surface area contributed by atoms with Gasteiger partial charge >= 0.3 is 0 Å². The van der Waals surface area contributed by atoms with Crippen molar-refractivity contribution in [2.75, 3.05) is 11.5 Å². The molecule has 0 bridgehead atoms. The number of hydrogen-bond donors (Lipinski definition) is 2. The molecular formula is C21H25N3O5S. The van der Waals surface area contributed by atoms with Crippen molar-refractivity contribution in [2.24, 2.45) is 5.14 Å². The molecule has 3 N–H and O–H groups in total. The zero-order chi connectivity index (χ0) is 21.7. The molecule has 1 saturated heterocycles. The number of carbonyl (C=O) groups excluding carboxylic acids is 2. The van der Waals surface area contributed by atoms with Crippen LogP contribution in [0.2, 0.25) is 0 Å². The smallest absolute Gasteiger partial charge is 0.251 e. The first-order valence-electron chi connectivity index (χ1n) is 9.74. The van der Waals surface area contributed by atoms with E-state index in [0.29, 0.717) is 24.6 Å². The molecule has 8 nitrogen and oxygen atoms in total. The summed E-state index contributed by atoms with van der Waals surface area (Å²) in [5.41, 5.74) is 1.28. The van der Waals surface area contributed by atoms with Gasteiger partial charge in [0.15, 0.2) is 0 Å². The first kappa shape index (κ1) is 21.9. The highest BCUT2D eigenvalue weighted by molar-refractivity contribution is 7.89. The van der Waals surface area contributed by atoms with Gasteiger partial charge in [-0.25, -0.2) is 18.5 Å². The van der Waals surface area contributed by atoms with E-state index in [1.807, 2.05) is 0 Å². The van der Waals surface area contributed by atoms with Crippen molar-refractivity contribution in [3.63, 3.8) is 0 Å². The fourth-order valence-electron chi connectivity index (χ4n) is 3.13. The molecule has 0 saturated carbocycles. The average molecular weight is 432 g/mol. The molecule has 0 radical (unpaired) electrons. The van der Waals surface area contributed by atoms with Crippen LogP contribution in [-0.2, 0) is 26.2 Å². The lowest BCUT2D eigenvalue weighted by atomic mass is 10.2. The lowest BCUT2D eigenvalue weighted by molar-refractivity contribution is -0.121. The Morgan fingerprint density at radius 3 is 2.37 bits per heavy atom. The number of rotatable bonds is 9. The highest BCUT2D eigenvalue weighted by Gasteiger charge is 2.39. The van der Waals surface area contributed by atoms with Crippen molar-refractivity contribution in [2.45, 2.75) is 43.7 Å². The number of amides is 2. The quantitative estimate of drug-likeness (QED) is 0.463. The molecule has 3 rings (SSSR count). The van der Waals surface area contributed by atoms with E-state index in [-0.39, 0.29) is 23.1 Å².